The SMILES string of the molecule is CCC(C(=O)c1ccccn1)N1CCN(c2cccc(Cl)c2)CC1. The van der Waals surface area contributed by atoms with Gasteiger partial charge < -0.3 is 4.90 Å². The summed E-state index contributed by atoms with van der Waals surface area (Å²) in [5, 5.41) is 0.756. The van der Waals surface area contributed by atoms with Crippen LogP contribution in [0.25, 0.3) is 0 Å². The van der Waals surface area contributed by atoms with Crippen LogP contribution in [0.5, 0.6) is 0 Å². The van der Waals surface area contributed by atoms with E-state index in [1.165, 1.54) is 0 Å². The Morgan fingerprint density at radius 3 is 2.58 bits per heavy atom. The van der Waals surface area contributed by atoms with Gasteiger partial charge in [-0.3, -0.25) is 14.7 Å². The van der Waals surface area contributed by atoms with Gasteiger partial charge in [0.1, 0.15) is 5.69 Å². The largest absolute Gasteiger partial charge is 0.369 e. The minimum atomic E-state index is -0.0959. The molecule has 0 N–H and O–H groups in total. The van der Waals surface area contributed by atoms with Gasteiger partial charge in [0.05, 0.1) is 6.04 Å². The summed E-state index contributed by atoms with van der Waals surface area (Å²) in [5.41, 5.74) is 1.70. The van der Waals surface area contributed by atoms with E-state index in [1.807, 2.05) is 30.3 Å². The number of benzene rings is 1. The van der Waals surface area contributed by atoms with E-state index in [0.717, 1.165) is 43.3 Å². The summed E-state index contributed by atoms with van der Waals surface area (Å²) in [6, 6.07) is 13.3. The van der Waals surface area contributed by atoms with Crippen molar-refractivity contribution in [3.63, 3.8) is 0 Å². The lowest BCUT2D eigenvalue weighted by Crippen LogP contribution is -2.52. The number of hydrogen-bond donors (Lipinski definition) is 0. The molecule has 0 spiro atoms. The standard InChI is InChI=1S/C19H22ClN3O/c1-2-18(19(24)17-8-3-4-9-21-17)23-12-10-22(11-13-23)16-7-5-6-15(20)14-16/h3-9,14,18H,2,10-13H2,1H3. The first-order chi connectivity index (χ1) is 11.7. The smallest absolute Gasteiger partial charge is 0.198 e. The molecule has 0 amide bonds. The van der Waals surface area contributed by atoms with Crippen LogP contribution in [0.15, 0.2) is 48.7 Å². The number of halogens is 1. The molecule has 1 unspecified atom stereocenters. The molecule has 0 saturated carbocycles. The van der Waals surface area contributed by atoms with Crippen molar-refractivity contribution in [3.8, 4) is 0 Å². The Labute approximate surface area is 148 Å². The molecule has 1 aliphatic rings. The molecule has 24 heavy (non-hydrogen) atoms. The fourth-order valence-corrected chi connectivity index (χ4v) is 3.44. The maximum atomic E-state index is 12.7. The molecule has 1 fully saturated rings. The zero-order valence-electron chi connectivity index (χ0n) is 13.9. The van der Waals surface area contributed by atoms with Crippen molar-refractivity contribution in [2.75, 3.05) is 31.1 Å². The second-order valence-corrected chi connectivity index (χ2v) is 6.44. The third-order valence-corrected chi connectivity index (χ3v) is 4.77. The third-order valence-electron chi connectivity index (χ3n) is 4.54. The number of rotatable bonds is 5. The Morgan fingerprint density at radius 1 is 1.17 bits per heavy atom. The van der Waals surface area contributed by atoms with Crippen LogP contribution in [0.3, 0.4) is 0 Å². The number of Topliss-reactive ketones (excluding diaryl/α,β-unsaturated/α-hetero) is 1. The first kappa shape index (κ1) is 16.9. The number of pyridine rings is 1. The van der Waals surface area contributed by atoms with Gasteiger partial charge in [0, 0.05) is 43.1 Å². The molecule has 1 aliphatic heterocycles. The highest BCUT2D eigenvalue weighted by Gasteiger charge is 2.29. The molecule has 0 aliphatic carbocycles. The number of aromatic nitrogens is 1. The predicted octanol–water partition coefficient (Wildman–Crippen LogP) is 3.52. The molecule has 1 aromatic heterocycles. The highest BCUT2D eigenvalue weighted by Crippen LogP contribution is 2.22. The Hall–Kier alpha value is -1.91. The Balaban J connectivity index is 1.65. The van der Waals surface area contributed by atoms with Gasteiger partial charge in [-0.2, -0.15) is 0 Å². The summed E-state index contributed by atoms with van der Waals surface area (Å²) in [7, 11) is 0. The summed E-state index contributed by atoms with van der Waals surface area (Å²) < 4.78 is 0. The molecule has 0 bridgehead atoms. The quantitative estimate of drug-likeness (QED) is 0.778. The number of nitrogens with zero attached hydrogens (tertiary/aromatic N) is 3. The highest BCUT2D eigenvalue weighted by molar-refractivity contribution is 6.30. The van der Waals surface area contributed by atoms with Crippen molar-refractivity contribution < 1.29 is 4.79 Å². The molecule has 0 radical (unpaired) electrons. The summed E-state index contributed by atoms with van der Waals surface area (Å²) in [5.74, 6) is 0.120. The van der Waals surface area contributed by atoms with Gasteiger partial charge in [-0.25, -0.2) is 0 Å². The number of anilines is 1. The molecule has 2 aromatic rings. The highest BCUT2D eigenvalue weighted by atomic mass is 35.5. The molecule has 3 rings (SSSR count). The Morgan fingerprint density at radius 2 is 1.96 bits per heavy atom. The average Bonchev–Trinajstić information content (AvgIpc) is 2.63. The summed E-state index contributed by atoms with van der Waals surface area (Å²) in [6.45, 7) is 5.58. The van der Waals surface area contributed by atoms with Crippen molar-refractivity contribution in [3.05, 3.63) is 59.4 Å². The van der Waals surface area contributed by atoms with Gasteiger partial charge in [-0.05, 0) is 36.8 Å². The number of carbonyl (C=O) groups excluding carboxylic acids is 1. The Bertz CT molecular complexity index is 684. The van der Waals surface area contributed by atoms with E-state index < -0.39 is 0 Å². The first-order valence-electron chi connectivity index (χ1n) is 8.39. The number of carbonyl (C=O) groups is 1. The van der Waals surface area contributed by atoms with Crippen LogP contribution in [0.4, 0.5) is 5.69 Å². The molecule has 1 saturated heterocycles. The minimum absolute atomic E-state index is 0.0959. The van der Waals surface area contributed by atoms with Gasteiger partial charge in [-0.15, -0.1) is 0 Å². The van der Waals surface area contributed by atoms with Crippen molar-refractivity contribution in [1.82, 2.24) is 9.88 Å². The van der Waals surface area contributed by atoms with E-state index in [2.05, 4.69) is 27.8 Å². The number of ketones is 1. The molecule has 126 valence electrons. The second-order valence-electron chi connectivity index (χ2n) is 6.01. The lowest BCUT2D eigenvalue weighted by molar-refractivity contribution is 0.0796. The fourth-order valence-electron chi connectivity index (χ4n) is 3.25. The lowest BCUT2D eigenvalue weighted by Gasteiger charge is -2.39. The van der Waals surface area contributed by atoms with Gasteiger partial charge in [0.2, 0.25) is 0 Å². The van der Waals surface area contributed by atoms with Crippen LogP contribution in [0.2, 0.25) is 5.02 Å². The summed E-state index contributed by atoms with van der Waals surface area (Å²) in [4.78, 5) is 21.5. The first-order valence-corrected chi connectivity index (χ1v) is 8.76. The molecule has 2 heterocycles. The van der Waals surface area contributed by atoms with E-state index in [4.69, 9.17) is 11.6 Å². The number of hydrogen-bond acceptors (Lipinski definition) is 4. The van der Waals surface area contributed by atoms with Crippen molar-refractivity contribution >= 4 is 23.1 Å². The molecule has 5 heteroatoms. The van der Waals surface area contributed by atoms with Crippen LogP contribution in [-0.2, 0) is 0 Å². The summed E-state index contributed by atoms with van der Waals surface area (Å²) in [6.07, 6.45) is 2.48. The van der Waals surface area contributed by atoms with E-state index in [1.54, 1.807) is 12.3 Å². The van der Waals surface area contributed by atoms with E-state index in [9.17, 15) is 4.79 Å². The second kappa shape index (κ2) is 7.77. The molecule has 1 aromatic carbocycles. The number of piperazine rings is 1. The van der Waals surface area contributed by atoms with Crippen LogP contribution >= 0.6 is 11.6 Å². The van der Waals surface area contributed by atoms with Crippen molar-refractivity contribution in [1.29, 1.82) is 0 Å². The van der Waals surface area contributed by atoms with Gasteiger partial charge >= 0.3 is 0 Å². The van der Waals surface area contributed by atoms with Crippen LogP contribution < -0.4 is 4.90 Å². The monoisotopic (exact) mass is 343 g/mol. The fraction of sp³-hybridized carbons (Fsp3) is 0.368. The summed E-state index contributed by atoms with van der Waals surface area (Å²) >= 11 is 6.09. The van der Waals surface area contributed by atoms with Crippen LogP contribution in [-0.4, -0.2) is 47.9 Å². The molecular formula is C19H22ClN3O. The molecule has 1 atom stereocenters. The van der Waals surface area contributed by atoms with Crippen molar-refractivity contribution in [2.24, 2.45) is 0 Å². The van der Waals surface area contributed by atoms with Crippen LogP contribution in [0.1, 0.15) is 23.8 Å². The maximum absolute atomic E-state index is 12.7. The topological polar surface area (TPSA) is 36.4 Å². The van der Waals surface area contributed by atoms with Gasteiger partial charge in [0.25, 0.3) is 0 Å². The van der Waals surface area contributed by atoms with E-state index in [-0.39, 0.29) is 11.8 Å². The van der Waals surface area contributed by atoms with Crippen LogP contribution in [0, 0.1) is 0 Å². The minimum Gasteiger partial charge on any atom is -0.369 e. The Kier molecular flexibility index (Phi) is 5.48. The van der Waals surface area contributed by atoms with E-state index >= 15 is 0 Å². The predicted molar refractivity (Wildman–Crippen MR) is 97.9 cm³/mol. The van der Waals surface area contributed by atoms with Gasteiger partial charge in [0.15, 0.2) is 5.78 Å². The zero-order valence-corrected chi connectivity index (χ0v) is 14.6. The lowest BCUT2D eigenvalue weighted by atomic mass is 10.0. The molecular weight excluding hydrogens is 322 g/mol. The molecule has 4 nitrogen and oxygen atoms in total. The average molecular weight is 344 g/mol. The third kappa shape index (κ3) is 3.77. The van der Waals surface area contributed by atoms with E-state index in [0.29, 0.717) is 5.69 Å². The van der Waals surface area contributed by atoms with Gasteiger partial charge in [-0.1, -0.05) is 30.7 Å². The zero-order chi connectivity index (χ0) is 16.9. The maximum Gasteiger partial charge on any atom is 0.198 e. The normalized spacial score (nSPS) is 16.8. The van der Waals surface area contributed by atoms with Crippen molar-refractivity contribution in [2.45, 2.75) is 19.4 Å².